The molecule has 19 N–H and O–H groups in total. The zero-order valence-corrected chi connectivity index (χ0v) is 47.5. The van der Waals surface area contributed by atoms with Gasteiger partial charge in [0.25, 0.3) is 23.6 Å². The van der Waals surface area contributed by atoms with E-state index in [0.29, 0.717) is 54.5 Å². The minimum Gasteiger partial charge on any atom is -0.496 e. The van der Waals surface area contributed by atoms with Crippen LogP contribution in [0.15, 0.2) is 82.8 Å². The average Bonchev–Trinajstić information content (AvgIpc) is 3.67. The van der Waals surface area contributed by atoms with Crippen LogP contribution in [-0.4, -0.2) is 137 Å². The third-order valence-corrected chi connectivity index (χ3v) is 13.4. The number of primary amides is 1. The molecule has 0 bridgehead atoms. The maximum atomic E-state index is 14.3. The molecule has 4 amide bonds. The Bertz CT molecular complexity index is 3000. The maximum Gasteiger partial charge on any atom is 0.255 e. The van der Waals surface area contributed by atoms with Crippen LogP contribution in [0.5, 0.6) is 23.0 Å². The van der Waals surface area contributed by atoms with E-state index < -0.39 is 59.4 Å². The number of methoxy groups -OCH3 is 4. The van der Waals surface area contributed by atoms with E-state index in [0.717, 1.165) is 0 Å². The molecule has 4 atom stereocenters. The molecule has 25 heteroatoms. The number of nitrogens with two attached hydrogens (primary N) is 8. The van der Waals surface area contributed by atoms with Gasteiger partial charge < -0.3 is 80.8 Å². The molecule has 0 saturated heterocycles. The fourth-order valence-corrected chi connectivity index (χ4v) is 8.97. The topological polar surface area (TPSA) is 442 Å². The van der Waals surface area contributed by atoms with Gasteiger partial charge >= 0.3 is 0 Å². The number of nitrogens with one attached hydrogen (secondary N) is 3. The van der Waals surface area contributed by atoms with Crippen LogP contribution in [0, 0.1) is 0 Å². The molecule has 4 aromatic rings. The van der Waals surface area contributed by atoms with Crippen molar-refractivity contribution in [2.45, 2.75) is 101 Å². The van der Waals surface area contributed by atoms with E-state index >= 15 is 0 Å². The number of nitrogens with zero attached hydrogens (tertiary/aromatic N) is 2. The summed E-state index contributed by atoms with van der Waals surface area (Å²) >= 11 is 0. The van der Waals surface area contributed by atoms with Gasteiger partial charge in [0.15, 0.2) is 35.1 Å². The third kappa shape index (κ3) is 20.8. The molecule has 0 radical (unpaired) electrons. The standard InChI is InChI=1S/C58H79N13O12/c1-80-49-17-13-33(25-37(49)53(62)76)30-46(73)42(10-5-21-59)69-55(78)39-28-36(16-20-51(39)82-3)32-48(75)44(12-8-24-68-58(65)66)71-56(79)40-27-35(15-19-52(40)83-4)31-47(74)43(11-6-22-60)70-54(77)38-26-34(14-18-50(38)81-2)29-45(72)41(61)9-7-23-67-57(63)64/h13-20,25-28,41-44H,5-12,21-24,29-32,59-61H2,1-4H3,(H2,62,76)(H,69,78)(H,70,77)(H,71,79)(H4,63,64,67)(H4,65,66,68)/t41-,42-,43-,44-/m1/s1. The molecule has 83 heavy (non-hydrogen) atoms. The molecule has 0 aliphatic heterocycles. The Morgan fingerprint density at radius 1 is 0.422 bits per heavy atom. The number of guanidine groups is 2. The number of hydrogen-bond acceptors (Lipinski definition) is 17. The Morgan fingerprint density at radius 2 is 0.711 bits per heavy atom. The van der Waals surface area contributed by atoms with Gasteiger partial charge in [-0.3, -0.25) is 48.3 Å². The number of rotatable bonds is 37. The Balaban J connectivity index is 1.55. The predicted octanol–water partition coefficient (Wildman–Crippen LogP) is 0.574. The van der Waals surface area contributed by atoms with Crippen molar-refractivity contribution in [2.24, 2.45) is 55.9 Å². The van der Waals surface area contributed by atoms with Crippen molar-refractivity contribution in [3.05, 3.63) is 117 Å². The summed E-state index contributed by atoms with van der Waals surface area (Å²) in [6, 6.07) is 14.4. The summed E-state index contributed by atoms with van der Waals surface area (Å²) in [5.41, 5.74) is 47.1. The molecular formula is C58H79N13O12. The zero-order chi connectivity index (χ0) is 61.2. The second kappa shape index (κ2) is 33.7. The molecule has 0 spiro atoms. The van der Waals surface area contributed by atoms with Crippen molar-refractivity contribution >= 4 is 58.7 Å². The predicted molar refractivity (Wildman–Crippen MR) is 313 cm³/mol. The number of carbonyl (C=O) groups excluding carboxylic acids is 8. The first-order chi connectivity index (χ1) is 39.7. The summed E-state index contributed by atoms with van der Waals surface area (Å²) in [5, 5.41) is 8.43. The highest BCUT2D eigenvalue weighted by atomic mass is 16.5. The van der Waals surface area contributed by atoms with Crippen LogP contribution in [0.4, 0.5) is 0 Å². The van der Waals surface area contributed by atoms with Gasteiger partial charge in [0.05, 0.1) is 74.9 Å². The van der Waals surface area contributed by atoms with Gasteiger partial charge in [-0.1, -0.05) is 24.3 Å². The highest BCUT2D eigenvalue weighted by Crippen LogP contribution is 2.26. The van der Waals surface area contributed by atoms with Gasteiger partial charge in [-0.25, -0.2) is 0 Å². The van der Waals surface area contributed by atoms with Crippen LogP contribution in [0.1, 0.15) is 115 Å². The van der Waals surface area contributed by atoms with E-state index in [-0.39, 0.29) is 140 Å². The van der Waals surface area contributed by atoms with Gasteiger partial charge in [-0.05, 0) is 135 Å². The molecule has 4 aromatic carbocycles. The molecule has 0 fully saturated rings. The zero-order valence-electron chi connectivity index (χ0n) is 47.5. The lowest BCUT2D eigenvalue weighted by molar-refractivity contribution is -0.121. The maximum absolute atomic E-state index is 14.3. The van der Waals surface area contributed by atoms with Crippen molar-refractivity contribution in [3.8, 4) is 23.0 Å². The van der Waals surface area contributed by atoms with E-state index in [1.807, 2.05) is 0 Å². The van der Waals surface area contributed by atoms with E-state index in [1.165, 1.54) is 70.9 Å². The summed E-state index contributed by atoms with van der Waals surface area (Å²) in [6.07, 6.45) is 1.53. The lowest BCUT2D eigenvalue weighted by atomic mass is 9.96. The van der Waals surface area contributed by atoms with Crippen molar-refractivity contribution in [2.75, 3.05) is 54.6 Å². The van der Waals surface area contributed by atoms with E-state index in [4.69, 9.17) is 64.8 Å². The minimum atomic E-state index is -1.14. The molecule has 0 saturated carbocycles. The van der Waals surface area contributed by atoms with Crippen LogP contribution in [-0.2, 0) is 44.9 Å². The van der Waals surface area contributed by atoms with Crippen molar-refractivity contribution in [3.63, 3.8) is 0 Å². The van der Waals surface area contributed by atoms with Crippen LogP contribution in [0.2, 0.25) is 0 Å². The fourth-order valence-electron chi connectivity index (χ4n) is 8.97. The average molecular weight is 1150 g/mol. The molecule has 0 aromatic heterocycles. The largest absolute Gasteiger partial charge is 0.496 e. The Kier molecular flexibility index (Phi) is 27.1. The molecular weight excluding hydrogens is 1070 g/mol. The monoisotopic (exact) mass is 1150 g/mol. The highest BCUT2D eigenvalue weighted by Gasteiger charge is 2.29. The quantitative estimate of drug-likeness (QED) is 0.0167. The molecule has 0 aliphatic rings. The summed E-state index contributed by atoms with van der Waals surface area (Å²) < 4.78 is 21.8. The summed E-state index contributed by atoms with van der Waals surface area (Å²) in [7, 11) is 5.48. The first-order valence-corrected chi connectivity index (χ1v) is 26.9. The van der Waals surface area contributed by atoms with Gasteiger partial charge in [-0.2, -0.15) is 0 Å². The van der Waals surface area contributed by atoms with Gasteiger partial charge in [0.2, 0.25) is 0 Å². The highest BCUT2D eigenvalue weighted by molar-refractivity contribution is 6.03. The lowest BCUT2D eigenvalue weighted by Gasteiger charge is -2.21. The number of ether oxygens (including phenoxy) is 4. The summed E-state index contributed by atoms with van der Waals surface area (Å²) in [4.78, 5) is 118. The minimum absolute atomic E-state index is 0.00520. The Hall–Kier alpha value is -8.94. The molecule has 4 rings (SSSR count). The molecule has 448 valence electrons. The first kappa shape index (κ1) is 66.6. The Morgan fingerprint density at radius 3 is 1.01 bits per heavy atom. The number of amides is 4. The lowest BCUT2D eigenvalue weighted by Crippen LogP contribution is -2.42. The first-order valence-electron chi connectivity index (χ1n) is 26.9. The van der Waals surface area contributed by atoms with E-state index in [9.17, 15) is 38.4 Å². The van der Waals surface area contributed by atoms with Crippen LogP contribution >= 0.6 is 0 Å². The molecule has 0 heterocycles. The van der Waals surface area contributed by atoms with Crippen LogP contribution in [0.25, 0.3) is 0 Å². The number of aliphatic imine (C=N–C) groups is 2. The van der Waals surface area contributed by atoms with Gasteiger partial charge in [-0.15, -0.1) is 0 Å². The van der Waals surface area contributed by atoms with Gasteiger partial charge in [0, 0.05) is 38.8 Å². The fraction of sp³-hybridized carbons (Fsp3) is 0.414. The molecule has 0 aliphatic carbocycles. The van der Waals surface area contributed by atoms with Gasteiger partial charge in [0.1, 0.15) is 23.0 Å². The smallest absolute Gasteiger partial charge is 0.255 e. The summed E-state index contributed by atoms with van der Waals surface area (Å²) in [5.74, 6) is -3.79. The van der Waals surface area contributed by atoms with Crippen LogP contribution in [0.3, 0.4) is 0 Å². The SMILES string of the molecule is COc1ccc(CC(=O)[C@@H](CCCN)NC(=O)c2cc(CC(=O)[C@@H](CCCN=C(N)N)NC(=O)c3cc(CC(=O)[C@@H](CCCN)NC(=O)c4cc(CC(=O)[C@H](N)CCCN=C(N)N)ccc4OC)ccc3OC)ccc2OC)cc1C(N)=O. The number of benzene rings is 4. The van der Waals surface area contributed by atoms with E-state index in [2.05, 4.69) is 25.9 Å². The van der Waals surface area contributed by atoms with E-state index in [1.54, 1.807) is 30.3 Å². The third-order valence-electron chi connectivity index (χ3n) is 13.4. The number of Topliss-reactive ketones (excluding diaryl/α,β-unsaturated/α-hetero) is 4. The number of hydrogen-bond donors (Lipinski definition) is 11. The number of ketones is 4. The summed E-state index contributed by atoms with van der Waals surface area (Å²) in [6.45, 7) is 0.892. The second-order valence-electron chi connectivity index (χ2n) is 19.5. The molecule has 0 unspecified atom stereocenters. The normalized spacial score (nSPS) is 12.3. The second-order valence-corrected chi connectivity index (χ2v) is 19.5. The Labute approximate surface area is 482 Å². The molecule has 25 nitrogen and oxygen atoms in total. The van der Waals surface area contributed by atoms with Crippen molar-refractivity contribution < 1.29 is 57.3 Å². The number of carbonyl (C=O) groups is 8. The van der Waals surface area contributed by atoms with Crippen molar-refractivity contribution in [1.82, 2.24) is 16.0 Å². The van der Waals surface area contributed by atoms with Crippen LogP contribution < -0.4 is 80.8 Å². The van der Waals surface area contributed by atoms with Crippen molar-refractivity contribution in [1.29, 1.82) is 0 Å².